The molecule has 10 heteroatoms. The van der Waals surface area contributed by atoms with E-state index in [-0.39, 0.29) is 30.1 Å². The first-order valence-corrected chi connectivity index (χ1v) is 11.2. The number of hydrogen-bond acceptors (Lipinski definition) is 7. The van der Waals surface area contributed by atoms with Crippen LogP contribution in [0.25, 0.3) is 0 Å². The molecule has 2 amide bonds. The molecule has 3 heterocycles. The summed E-state index contributed by atoms with van der Waals surface area (Å²) in [5, 5.41) is 3.42. The molecule has 4 rings (SSSR count). The Morgan fingerprint density at radius 2 is 1.97 bits per heavy atom. The first-order chi connectivity index (χ1) is 15.0. The number of ketones is 1. The van der Waals surface area contributed by atoms with E-state index in [9.17, 15) is 14.4 Å². The van der Waals surface area contributed by atoms with E-state index >= 15 is 4.48 Å². The first kappa shape index (κ1) is 22.6. The van der Waals surface area contributed by atoms with E-state index in [1.807, 2.05) is 11.8 Å². The predicted octanol–water partition coefficient (Wildman–Crippen LogP) is 1.42. The molecule has 0 aromatic heterocycles. The van der Waals surface area contributed by atoms with Gasteiger partial charge >= 0.3 is 6.09 Å². The van der Waals surface area contributed by atoms with E-state index in [0.717, 1.165) is 19.3 Å². The summed E-state index contributed by atoms with van der Waals surface area (Å²) in [6.07, 6.45) is 3.60. The van der Waals surface area contributed by atoms with Crippen LogP contribution in [0, 0.1) is 5.92 Å². The number of alkyl carbamates (subject to hydrolysis) is 1. The van der Waals surface area contributed by atoms with Crippen molar-refractivity contribution in [2.24, 2.45) is 11.7 Å². The van der Waals surface area contributed by atoms with Gasteiger partial charge in [0.25, 0.3) is 5.91 Å². The molecule has 0 radical (unpaired) electrons. The van der Waals surface area contributed by atoms with Crippen molar-refractivity contribution in [2.45, 2.75) is 70.7 Å². The average molecular weight is 450 g/mol. The molecule has 0 bridgehead atoms. The van der Waals surface area contributed by atoms with E-state index < -0.39 is 29.4 Å². The van der Waals surface area contributed by atoms with Gasteiger partial charge in [-0.25, -0.2) is 4.79 Å². The van der Waals surface area contributed by atoms with Gasteiger partial charge in [0, 0.05) is 36.8 Å². The van der Waals surface area contributed by atoms with Gasteiger partial charge in [-0.15, -0.1) is 0 Å². The lowest BCUT2D eigenvalue weighted by atomic mass is 9.93. The molecule has 9 nitrogen and oxygen atoms in total. The highest BCUT2D eigenvalue weighted by Gasteiger charge is 2.47. The third-order valence-corrected chi connectivity index (χ3v) is 6.38. The standard InChI is InChI=1S/C22H32FN5O4/c1-12(25-21(31)32-22(2,3)4)13-7-8-26(10-13)17-9-16-15(11-27(17)23)19(29)18(24)20(30)28(16)14-5-6-14/h9,12-14,18H,5-8,10-11,24H2,1-4H3,(H,25,31)/t12-,13+,18?/m0/s1. The SMILES string of the molecule is C[C@H](NC(=O)OC(C)(C)C)[C@@H]1CCN(C2=CC3=C(CN2F)C(=O)C(N)C(=O)N3C2CC2)C1. The van der Waals surface area contributed by atoms with Crippen molar-refractivity contribution in [3.05, 3.63) is 23.2 Å². The monoisotopic (exact) mass is 449 g/mol. The number of carbonyl (C=O) groups excluding carboxylic acids is 3. The normalized spacial score (nSPS) is 27.4. The maximum Gasteiger partial charge on any atom is 0.407 e. The molecule has 3 N–H and O–H groups in total. The number of Topliss-reactive ketones (excluding diaryl/α,β-unsaturated/α-hetero) is 1. The van der Waals surface area contributed by atoms with Crippen LogP contribution in [0.4, 0.5) is 9.28 Å². The van der Waals surface area contributed by atoms with Crippen molar-refractivity contribution < 1.29 is 23.6 Å². The van der Waals surface area contributed by atoms with Gasteiger partial charge in [0.2, 0.25) is 0 Å². The number of ether oxygens (including phenoxy) is 1. The van der Waals surface area contributed by atoms with E-state index in [2.05, 4.69) is 5.32 Å². The summed E-state index contributed by atoms with van der Waals surface area (Å²) in [5.74, 6) is -0.477. The third kappa shape index (κ3) is 4.32. The molecular formula is C22H32FN5O4. The van der Waals surface area contributed by atoms with Crippen LogP contribution in [0.5, 0.6) is 0 Å². The molecule has 1 saturated heterocycles. The average Bonchev–Trinajstić information content (AvgIpc) is 3.40. The number of likely N-dealkylation sites (tertiary alicyclic amines) is 1. The first-order valence-electron chi connectivity index (χ1n) is 11.2. The van der Waals surface area contributed by atoms with Crippen LogP contribution in [0.3, 0.4) is 0 Å². The van der Waals surface area contributed by atoms with E-state index in [1.165, 1.54) is 0 Å². The smallest absolute Gasteiger partial charge is 0.407 e. The van der Waals surface area contributed by atoms with Crippen molar-refractivity contribution >= 4 is 17.8 Å². The van der Waals surface area contributed by atoms with Gasteiger partial charge in [0.15, 0.2) is 5.78 Å². The van der Waals surface area contributed by atoms with Crippen molar-refractivity contribution in [2.75, 3.05) is 19.6 Å². The summed E-state index contributed by atoms with van der Waals surface area (Å²) in [7, 11) is 0. The minimum atomic E-state index is -1.26. The predicted molar refractivity (Wildman–Crippen MR) is 114 cm³/mol. The molecule has 1 aliphatic carbocycles. The molecule has 4 aliphatic rings. The molecule has 3 aliphatic heterocycles. The molecular weight excluding hydrogens is 417 g/mol. The van der Waals surface area contributed by atoms with Gasteiger partial charge in [-0.05, 0) is 52.9 Å². The summed E-state index contributed by atoms with van der Waals surface area (Å²) in [5.41, 5.74) is 5.98. The Kier molecular flexibility index (Phi) is 5.68. The van der Waals surface area contributed by atoms with E-state index in [4.69, 9.17) is 10.5 Å². The summed E-state index contributed by atoms with van der Waals surface area (Å²) < 4.78 is 20.4. The number of nitrogens with two attached hydrogens (primary N) is 1. The van der Waals surface area contributed by atoms with Gasteiger partial charge in [-0.1, -0.05) is 4.48 Å². The van der Waals surface area contributed by atoms with Gasteiger partial charge < -0.3 is 25.6 Å². The van der Waals surface area contributed by atoms with Crippen LogP contribution in [0.15, 0.2) is 23.2 Å². The van der Waals surface area contributed by atoms with Gasteiger partial charge in [-0.3, -0.25) is 9.59 Å². The van der Waals surface area contributed by atoms with Crippen LogP contribution < -0.4 is 11.1 Å². The lowest BCUT2D eigenvalue weighted by Crippen LogP contribution is -2.55. The highest BCUT2D eigenvalue weighted by molar-refractivity contribution is 6.17. The summed E-state index contributed by atoms with van der Waals surface area (Å²) in [4.78, 5) is 40.8. The number of nitrogens with one attached hydrogen (secondary N) is 1. The van der Waals surface area contributed by atoms with Crippen molar-refractivity contribution in [3.8, 4) is 0 Å². The molecule has 2 fully saturated rings. The van der Waals surface area contributed by atoms with Crippen LogP contribution in [-0.4, -0.2) is 76.1 Å². The molecule has 176 valence electrons. The molecule has 32 heavy (non-hydrogen) atoms. The van der Waals surface area contributed by atoms with Crippen LogP contribution >= 0.6 is 0 Å². The Bertz CT molecular complexity index is 891. The van der Waals surface area contributed by atoms with E-state index in [1.54, 1.807) is 31.7 Å². The number of allylic oxidation sites excluding steroid dienone is 1. The fourth-order valence-corrected chi connectivity index (χ4v) is 4.54. The second kappa shape index (κ2) is 8.06. The molecule has 0 aromatic carbocycles. The van der Waals surface area contributed by atoms with Crippen molar-refractivity contribution in [1.82, 2.24) is 20.2 Å². The Balaban J connectivity index is 1.49. The number of rotatable bonds is 4. The summed E-state index contributed by atoms with van der Waals surface area (Å²) in [6, 6.07) is -1.38. The Labute approximate surface area is 187 Å². The molecule has 1 saturated carbocycles. The topological polar surface area (TPSA) is 108 Å². The maximum absolute atomic E-state index is 15.0. The minimum absolute atomic E-state index is 0.0275. The van der Waals surface area contributed by atoms with Crippen LogP contribution in [0.2, 0.25) is 0 Å². The van der Waals surface area contributed by atoms with E-state index in [0.29, 0.717) is 29.7 Å². The lowest BCUT2D eigenvalue weighted by Gasteiger charge is -2.39. The van der Waals surface area contributed by atoms with Crippen LogP contribution in [-0.2, 0) is 14.3 Å². The van der Waals surface area contributed by atoms with Crippen molar-refractivity contribution in [1.29, 1.82) is 0 Å². The molecule has 1 unspecified atom stereocenters. The van der Waals surface area contributed by atoms with Gasteiger partial charge in [0.1, 0.15) is 17.5 Å². The fourth-order valence-electron chi connectivity index (χ4n) is 4.54. The van der Waals surface area contributed by atoms with Gasteiger partial charge in [-0.2, -0.15) is 5.12 Å². The number of amides is 2. The lowest BCUT2D eigenvalue weighted by molar-refractivity contribution is -0.137. The molecule has 3 atom stereocenters. The zero-order valence-corrected chi connectivity index (χ0v) is 19.1. The quantitative estimate of drug-likeness (QED) is 0.494. The Morgan fingerprint density at radius 1 is 1.28 bits per heavy atom. The second-order valence-electron chi connectivity index (χ2n) is 10.1. The highest BCUT2D eigenvalue weighted by Crippen LogP contribution is 2.39. The number of hydrogen-bond donors (Lipinski definition) is 2. The molecule has 0 aromatic rings. The Morgan fingerprint density at radius 3 is 2.59 bits per heavy atom. The van der Waals surface area contributed by atoms with Crippen LogP contribution in [0.1, 0.15) is 47.0 Å². The summed E-state index contributed by atoms with van der Waals surface area (Å²) >= 11 is 0. The minimum Gasteiger partial charge on any atom is -0.444 e. The highest BCUT2D eigenvalue weighted by atomic mass is 19.2. The molecule has 0 spiro atoms. The zero-order chi connectivity index (χ0) is 23.4. The maximum atomic E-state index is 15.0. The number of carbonyl (C=O) groups is 3. The summed E-state index contributed by atoms with van der Waals surface area (Å²) in [6.45, 7) is 8.25. The number of nitrogens with zero attached hydrogens (tertiary/aromatic N) is 3. The zero-order valence-electron chi connectivity index (χ0n) is 19.1. The number of halogens is 1. The third-order valence-electron chi connectivity index (χ3n) is 6.38. The fraction of sp³-hybridized carbons (Fsp3) is 0.682. The van der Waals surface area contributed by atoms with Gasteiger partial charge in [0.05, 0.1) is 12.2 Å². The second-order valence-corrected chi connectivity index (χ2v) is 10.1. The largest absolute Gasteiger partial charge is 0.444 e. The van der Waals surface area contributed by atoms with Crippen molar-refractivity contribution in [3.63, 3.8) is 0 Å². The Hall–Kier alpha value is -2.62.